The van der Waals surface area contributed by atoms with Crippen LogP contribution in [0.15, 0.2) is 48.8 Å². The van der Waals surface area contributed by atoms with Gasteiger partial charge < -0.3 is 10.1 Å². The van der Waals surface area contributed by atoms with E-state index in [0.717, 1.165) is 7.11 Å². The van der Waals surface area contributed by atoms with Crippen molar-refractivity contribution < 1.29 is 19.1 Å². The number of hydrogen-bond donors (Lipinski definition) is 3. The molecule has 0 unspecified atom stereocenters. The van der Waals surface area contributed by atoms with Gasteiger partial charge in [0.05, 0.1) is 23.4 Å². The molecule has 31 heavy (non-hydrogen) atoms. The predicted molar refractivity (Wildman–Crippen MR) is 116 cm³/mol. The first-order chi connectivity index (χ1) is 14.8. The highest BCUT2D eigenvalue weighted by Crippen LogP contribution is 2.27. The third-order valence-electron chi connectivity index (χ3n) is 4.20. The normalized spacial score (nSPS) is 10.3. The molecule has 3 amide bonds. The summed E-state index contributed by atoms with van der Waals surface area (Å²) in [6.45, 7) is 1.68. The van der Waals surface area contributed by atoms with E-state index in [4.69, 9.17) is 23.2 Å². The molecule has 0 aliphatic carbocycles. The Morgan fingerprint density at radius 1 is 1.06 bits per heavy atom. The van der Waals surface area contributed by atoms with Gasteiger partial charge >= 0.3 is 6.09 Å². The van der Waals surface area contributed by atoms with Crippen LogP contribution in [0.2, 0.25) is 10.0 Å². The predicted octanol–water partition coefficient (Wildman–Crippen LogP) is 3.74. The molecule has 1 aromatic carbocycles. The highest BCUT2D eigenvalue weighted by atomic mass is 35.5. The number of aromatic nitrogens is 2. The first-order valence-corrected chi connectivity index (χ1v) is 9.61. The number of nitrogens with zero attached hydrogens (tertiary/aromatic N) is 2. The highest BCUT2D eigenvalue weighted by Gasteiger charge is 2.21. The zero-order valence-electron chi connectivity index (χ0n) is 16.4. The van der Waals surface area contributed by atoms with Crippen molar-refractivity contribution in [1.29, 1.82) is 0 Å². The first-order valence-electron chi connectivity index (χ1n) is 8.86. The van der Waals surface area contributed by atoms with E-state index in [9.17, 15) is 14.4 Å². The SMILES string of the molecule is COC(=O)NNC(=O)c1cc(Cl)cc(C)c1NC(=O)c1cccn1-c1ncccc1Cl. The second kappa shape index (κ2) is 9.50. The lowest BCUT2D eigenvalue weighted by atomic mass is 10.1. The maximum atomic E-state index is 13.0. The number of methoxy groups -OCH3 is 1. The quantitative estimate of drug-likeness (QED) is 0.511. The molecule has 0 aliphatic rings. The molecule has 3 rings (SSSR count). The van der Waals surface area contributed by atoms with Gasteiger partial charge in [-0.15, -0.1) is 0 Å². The van der Waals surface area contributed by atoms with E-state index in [2.05, 4.69) is 25.9 Å². The lowest BCUT2D eigenvalue weighted by Gasteiger charge is -2.16. The number of ether oxygens (including phenoxy) is 1. The Bertz CT molecular complexity index is 1160. The summed E-state index contributed by atoms with van der Waals surface area (Å²) in [6.07, 6.45) is 2.34. The van der Waals surface area contributed by atoms with Crippen LogP contribution in [0.5, 0.6) is 0 Å². The number of rotatable bonds is 4. The molecule has 0 saturated heterocycles. The second-order valence-corrected chi connectivity index (χ2v) is 7.09. The van der Waals surface area contributed by atoms with Crippen LogP contribution in [-0.4, -0.2) is 34.6 Å². The van der Waals surface area contributed by atoms with Gasteiger partial charge in [0.2, 0.25) is 0 Å². The molecule has 0 radical (unpaired) electrons. The highest BCUT2D eigenvalue weighted by molar-refractivity contribution is 6.32. The molecule has 0 spiro atoms. The largest absolute Gasteiger partial charge is 0.452 e. The monoisotopic (exact) mass is 461 g/mol. The smallest absolute Gasteiger partial charge is 0.425 e. The van der Waals surface area contributed by atoms with Crippen molar-refractivity contribution in [2.75, 3.05) is 12.4 Å². The minimum Gasteiger partial charge on any atom is -0.452 e. The first kappa shape index (κ1) is 22.1. The van der Waals surface area contributed by atoms with Crippen LogP contribution in [0, 0.1) is 6.92 Å². The molecule has 2 heterocycles. The fourth-order valence-electron chi connectivity index (χ4n) is 2.80. The molecule has 3 aromatic rings. The van der Waals surface area contributed by atoms with Crippen molar-refractivity contribution in [2.45, 2.75) is 6.92 Å². The van der Waals surface area contributed by atoms with Gasteiger partial charge in [0.15, 0.2) is 5.82 Å². The molecule has 3 N–H and O–H groups in total. The maximum absolute atomic E-state index is 13.0. The number of halogens is 2. The molecule has 0 atom stereocenters. The number of amides is 3. The summed E-state index contributed by atoms with van der Waals surface area (Å²) >= 11 is 12.3. The minimum absolute atomic E-state index is 0.0451. The summed E-state index contributed by atoms with van der Waals surface area (Å²) in [5.41, 5.74) is 5.31. The second-order valence-electron chi connectivity index (χ2n) is 6.24. The lowest BCUT2D eigenvalue weighted by molar-refractivity contribution is 0.0921. The molecule has 0 bridgehead atoms. The zero-order valence-corrected chi connectivity index (χ0v) is 17.9. The number of hydrogen-bond acceptors (Lipinski definition) is 5. The summed E-state index contributed by atoms with van der Waals surface area (Å²) in [7, 11) is 1.15. The van der Waals surface area contributed by atoms with Gasteiger partial charge in [-0.25, -0.2) is 15.2 Å². The number of benzene rings is 1. The third-order valence-corrected chi connectivity index (χ3v) is 4.71. The third kappa shape index (κ3) is 4.96. The van der Waals surface area contributed by atoms with Crippen LogP contribution in [0.1, 0.15) is 26.4 Å². The summed E-state index contributed by atoms with van der Waals surface area (Å²) < 4.78 is 5.94. The van der Waals surface area contributed by atoms with Crippen LogP contribution in [-0.2, 0) is 4.74 Å². The van der Waals surface area contributed by atoms with Gasteiger partial charge in [0, 0.05) is 17.4 Å². The van der Waals surface area contributed by atoms with Crippen LogP contribution >= 0.6 is 23.2 Å². The van der Waals surface area contributed by atoms with Crippen molar-refractivity contribution in [3.8, 4) is 5.82 Å². The van der Waals surface area contributed by atoms with Gasteiger partial charge in [0.25, 0.3) is 11.8 Å². The van der Waals surface area contributed by atoms with Crippen LogP contribution in [0.25, 0.3) is 5.82 Å². The van der Waals surface area contributed by atoms with Gasteiger partial charge in [-0.05, 0) is 48.9 Å². The Labute approximate surface area is 187 Å². The molecule has 9 nitrogen and oxygen atoms in total. The van der Waals surface area contributed by atoms with Crippen molar-refractivity contribution in [3.05, 3.63) is 75.7 Å². The molecule has 2 aromatic heterocycles. The number of carbonyl (C=O) groups is 3. The Hall–Kier alpha value is -3.56. The topological polar surface area (TPSA) is 114 Å². The van der Waals surface area contributed by atoms with E-state index in [-0.39, 0.29) is 22.0 Å². The van der Waals surface area contributed by atoms with E-state index >= 15 is 0 Å². The summed E-state index contributed by atoms with van der Waals surface area (Å²) in [4.78, 5) is 41.1. The van der Waals surface area contributed by atoms with Gasteiger partial charge in [0.1, 0.15) is 5.69 Å². The van der Waals surface area contributed by atoms with Crippen molar-refractivity contribution in [1.82, 2.24) is 20.4 Å². The van der Waals surface area contributed by atoms with Gasteiger partial charge in [-0.2, -0.15) is 0 Å². The molecular formula is C20H17Cl2N5O4. The maximum Gasteiger partial charge on any atom is 0.425 e. The van der Waals surface area contributed by atoms with Gasteiger partial charge in [-0.1, -0.05) is 23.2 Å². The van der Waals surface area contributed by atoms with Crippen LogP contribution in [0.3, 0.4) is 0 Å². The Morgan fingerprint density at radius 2 is 1.84 bits per heavy atom. The zero-order chi connectivity index (χ0) is 22.5. The van der Waals surface area contributed by atoms with Gasteiger partial charge in [-0.3, -0.25) is 19.6 Å². The number of nitrogens with one attached hydrogen (secondary N) is 3. The van der Waals surface area contributed by atoms with Crippen LogP contribution < -0.4 is 16.2 Å². The molecular weight excluding hydrogens is 445 g/mol. The Kier molecular flexibility index (Phi) is 6.78. The van der Waals surface area contributed by atoms with E-state index in [1.54, 1.807) is 49.6 Å². The fourth-order valence-corrected chi connectivity index (χ4v) is 3.28. The number of aryl methyl sites for hydroxylation is 1. The van der Waals surface area contributed by atoms with E-state index in [1.165, 1.54) is 10.6 Å². The van der Waals surface area contributed by atoms with E-state index in [1.807, 2.05) is 0 Å². The number of carbonyl (C=O) groups excluding carboxylic acids is 3. The molecule has 0 aliphatic heterocycles. The summed E-state index contributed by atoms with van der Waals surface area (Å²) in [5.74, 6) is -0.825. The van der Waals surface area contributed by atoms with Crippen molar-refractivity contribution in [3.63, 3.8) is 0 Å². The fraction of sp³-hybridized carbons (Fsp3) is 0.100. The average Bonchev–Trinajstić information content (AvgIpc) is 3.23. The number of anilines is 1. The molecule has 160 valence electrons. The Balaban J connectivity index is 1.93. The van der Waals surface area contributed by atoms with Crippen LogP contribution in [0.4, 0.5) is 10.5 Å². The number of hydrazine groups is 1. The standard InChI is InChI=1S/C20H17Cl2N5O4/c1-11-9-12(21)10-13(18(28)25-26-20(30)31-2)16(11)24-19(29)15-6-4-8-27(15)17-14(22)5-3-7-23-17/h3-10H,1-2H3,(H,24,29)(H,25,28)(H,26,30). The average molecular weight is 462 g/mol. The summed E-state index contributed by atoms with van der Waals surface area (Å²) in [5, 5.41) is 3.37. The van der Waals surface area contributed by atoms with Crippen molar-refractivity contribution >= 4 is 46.8 Å². The van der Waals surface area contributed by atoms with Crippen molar-refractivity contribution in [2.24, 2.45) is 0 Å². The lowest BCUT2D eigenvalue weighted by Crippen LogP contribution is -2.41. The summed E-state index contributed by atoms with van der Waals surface area (Å²) in [6, 6.07) is 9.56. The van der Waals surface area contributed by atoms with E-state index < -0.39 is 17.9 Å². The molecule has 0 fully saturated rings. The Morgan fingerprint density at radius 3 is 2.55 bits per heavy atom. The number of pyridine rings is 1. The minimum atomic E-state index is -0.859. The molecule has 0 saturated carbocycles. The molecule has 11 heteroatoms. The van der Waals surface area contributed by atoms with E-state index in [0.29, 0.717) is 16.4 Å².